The van der Waals surface area contributed by atoms with Gasteiger partial charge in [0.15, 0.2) is 0 Å². The average molecular weight is 332 g/mol. The Balaban J connectivity index is 1.84. The van der Waals surface area contributed by atoms with Gasteiger partial charge in [0.1, 0.15) is 6.10 Å². The second kappa shape index (κ2) is 7.89. The normalized spacial score (nSPS) is 12.0. The van der Waals surface area contributed by atoms with Gasteiger partial charge >= 0.3 is 11.8 Å². The van der Waals surface area contributed by atoms with Gasteiger partial charge in [0.05, 0.1) is 0 Å². The number of carbonyl (C=O) groups excluding carboxylic acids is 2. The second-order valence-electron chi connectivity index (χ2n) is 5.47. The number of anilines is 1. The van der Waals surface area contributed by atoms with Gasteiger partial charge in [0, 0.05) is 17.1 Å². The predicted octanol–water partition coefficient (Wildman–Crippen LogP) is 2.66. The first-order valence-corrected chi connectivity index (χ1v) is 8.26. The Morgan fingerprint density at radius 3 is 2.39 bits per heavy atom. The highest BCUT2D eigenvalue weighted by Crippen LogP contribution is 2.18. The quantitative estimate of drug-likeness (QED) is 0.737. The van der Waals surface area contributed by atoms with Crippen LogP contribution >= 0.6 is 11.3 Å². The second-order valence-corrected chi connectivity index (χ2v) is 6.45. The summed E-state index contributed by atoms with van der Waals surface area (Å²) in [6, 6.07) is 11.0. The summed E-state index contributed by atoms with van der Waals surface area (Å²) in [7, 11) is 0. The van der Waals surface area contributed by atoms with E-state index in [0.717, 1.165) is 10.4 Å². The minimum Gasteiger partial charge on any atom is -0.386 e. The molecule has 1 atom stereocenters. The lowest BCUT2D eigenvalue weighted by molar-refractivity contribution is -0.136. The zero-order chi connectivity index (χ0) is 16.8. The Morgan fingerprint density at radius 1 is 1.13 bits per heavy atom. The van der Waals surface area contributed by atoms with Crippen LogP contribution < -0.4 is 10.6 Å². The zero-order valence-corrected chi connectivity index (χ0v) is 13.9. The third-order valence-electron chi connectivity index (χ3n) is 3.37. The number of thiophene rings is 1. The van der Waals surface area contributed by atoms with Crippen LogP contribution in [-0.4, -0.2) is 23.5 Å². The van der Waals surface area contributed by atoms with Crippen molar-refractivity contribution < 1.29 is 14.7 Å². The van der Waals surface area contributed by atoms with E-state index >= 15 is 0 Å². The summed E-state index contributed by atoms with van der Waals surface area (Å²) in [5.74, 6) is -1.11. The molecule has 0 bridgehead atoms. The summed E-state index contributed by atoms with van der Waals surface area (Å²) in [5.41, 5.74) is 1.72. The number of rotatable bonds is 5. The molecule has 0 aliphatic rings. The molecule has 0 aliphatic carbocycles. The van der Waals surface area contributed by atoms with Gasteiger partial charge in [-0.1, -0.05) is 32.0 Å². The van der Waals surface area contributed by atoms with Gasteiger partial charge in [-0.05, 0) is 35.1 Å². The summed E-state index contributed by atoms with van der Waals surface area (Å²) in [6.07, 6.45) is -0.808. The molecule has 6 heteroatoms. The minimum absolute atomic E-state index is 0.000939. The molecule has 0 saturated heterocycles. The van der Waals surface area contributed by atoms with E-state index in [2.05, 4.69) is 24.5 Å². The Bertz CT molecular complexity index is 651. The highest BCUT2D eigenvalue weighted by atomic mass is 32.1. The number of hydrogen-bond donors (Lipinski definition) is 3. The number of aliphatic hydroxyl groups is 1. The molecular formula is C17H20N2O3S. The fourth-order valence-corrected chi connectivity index (χ4v) is 2.70. The minimum atomic E-state index is -0.808. The molecule has 0 spiro atoms. The molecule has 3 N–H and O–H groups in total. The third-order valence-corrected chi connectivity index (χ3v) is 4.34. The maximum Gasteiger partial charge on any atom is 0.313 e. The molecule has 122 valence electrons. The highest BCUT2D eigenvalue weighted by Gasteiger charge is 2.16. The van der Waals surface area contributed by atoms with Crippen molar-refractivity contribution in [2.75, 3.05) is 11.9 Å². The van der Waals surface area contributed by atoms with Gasteiger partial charge in [0.25, 0.3) is 0 Å². The first-order valence-electron chi connectivity index (χ1n) is 7.38. The van der Waals surface area contributed by atoms with Crippen molar-refractivity contribution >= 4 is 28.8 Å². The van der Waals surface area contributed by atoms with Gasteiger partial charge in [-0.3, -0.25) is 9.59 Å². The lowest BCUT2D eigenvalue weighted by atomic mass is 10.0. The van der Waals surface area contributed by atoms with Crippen molar-refractivity contribution in [3.8, 4) is 0 Å². The predicted molar refractivity (Wildman–Crippen MR) is 91.4 cm³/mol. The van der Waals surface area contributed by atoms with Crippen molar-refractivity contribution in [3.63, 3.8) is 0 Å². The molecule has 1 unspecified atom stereocenters. The van der Waals surface area contributed by atoms with E-state index < -0.39 is 17.9 Å². The molecule has 5 nitrogen and oxygen atoms in total. The van der Waals surface area contributed by atoms with Gasteiger partial charge < -0.3 is 15.7 Å². The van der Waals surface area contributed by atoms with Gasteiger partial charge in [-0.25, -0.2) is 0 Å². The van der Waals surface area contributed by atoms with Crippen LogP contribution in [0.3, 0.4) is 0 Å². The van der Waals surface area contributed by atoms with Crippen molar-refractivity contribution in [2.24, 2.45) is 0 Å². The molecule has 0 aliphatic heterocycles. The fourth-order valence-electron chi connectivity index (χ4n) is 1.99. The molecule has 1 aromatic carbocycles. The van der Waals surface area contributed by atoms with Crippen LogP contribution in [0.1, 0.15) is 36.3 Å². The maximum absolute atomic E-state index is 11.8. The molecule has 2 aromatic rings. The largest absolute Gasteiger partial charge is 0.386 e. The molecule has 1 heterocycles. The number of hydrogen-bond acceptors (Lipinski definition) is 4. The fraction of sp³-hybridized carbons (Fsp3) is 0.294. The maximum atomic E-state index is 11.8. The van der Waals surface area contributed by atoms with Crippen LogP contribution in [0.2, 0.25) is 0 Å². The van der Waals surface area contributed by atoms with E-state index in [4.69, 9.17) is 0 Å². The molecule has 0 radical (unpaired) electrons. The molecule has 2 rings (SSSR count). The summed E-state index contributed by atoms with van der Waals surface area (Å²) >= 11 is 1.40. The Kier molecular flexibility index (Phi) is 5.90. The van der Waals surface area contributed by atoms with Crippen molar-refractivity contribution in [3.05, 3.63) is 52.2 Å². The SMILES string of the molecule is CC(C)c1ccc(NC(=O)C(=O)NCC(O)c2cccs2)cc1. The van der Waals surface area contributed by atoms with Crippen LogP contribution in [0.15, 0.2) is 41.8 Å². The lowest BCUT2D eigenvalue weighted by Crippen LogP contribution is -2.37. The topological polar surface area (TPSA) is 78.4 Å². The van der Waals surface area contributed by atoms with Crippen LogP contribution in [0.25, 0.3) is 0 Å². The molecular weight excluding hydrogens is 312 g/mol. The Hall–Kier alpha value is -2.18. The number of aliphatic hydroxyl groups excluding tert-OH is 1. The van der Waals surface area contributed by atoms with Crippen molar-refractivity contribution in [1.82, 2.24) is 5.32 Å². The number of nitrogens with one attached hydrogen (secondary N) is 2. The number of benzene rings is 1. The Morgan fingerprint density at radius 2 is 1.83 bits per heavy atom. The molecule has 23 heavy (non-hydrogen) atoms. The van der Waals surface area contributed by atoms with Crippen LogP contribution in [-0.2, 0) is 9.59 Å². The lowest BCUT2D eigenvalue weighted by Gasteiger charge is -2.11. The van der Waals surface area contributed by atoms with E-state index in [0.29, 0.717) is 11.6 Å². The van der Waals surface area contributed by atoms with E-state index in [1.165, 1.54) is 11.3 Å². The van der Waals surface area contributed by atoms with Crippen molar-refractivity contribution in [2.45, 2.75) is 25.9 Å². The zero-order valence-electron chi connectivity index (χ0n) is 13.1. The van der Waals surface area contributed by atoms with Crippen LogP contribution in [0.4, 0.5) is 5.69 Å². The summed E-state index contributed by atoms with van der Waals surface area (Å²) in [4.78, 5) is 24.3. The molecule has 2 amide bonds. The highest BCUT2D eigenvalue weighted by molar-refractivity contribution is 7.10. The van der Waals surface area contributed by atoms with Crippen molar-refractivity contribution in [1.29, 1.82) is 0 Å². The third kappa shape index (κ3) is 4.91. The molecule has 0 saturated carbocycles. The van der Waals surface area contributed by atoms with Crippen LogP contribution in [0, 0.1) is 0 Å². The standard InChI is InChI=1S/C17H20N2O3S/c1-11(2)12-5-7-13(8-6-12)19-17(22)16(21)18-10-14(20)15-4-3-9-23-15/h3-9,11,14,20H,10H2,1-2H3,(H,18,21)(H,19,22). The summed E-state index contributed by atoms with van der Waals surface area (Å²) < 4.78 is 0. The number of carbonyl (C=O) groups is 2. The summed E-state index contributed by atoms with van der Waals surface area (Å²) in [5, 5.41) is 16.7. The van der Waals surface area contributed by atoms with E-state index in [1.54, 1.807) is 18.2 Å². The number of amides is 2. The summed E-state index contributed by atoms with van der Waals surface area (Å²) in [6.45, 7) is 4.17. The smallest absolute Gasteiger partial charge is 0.313 e. The van der Waals surface area contributed by atoms with Gasteiger partial charge in [-0.15, -0.1) is 11.3 Å². The first kappa shape index (κ1) is 17.2. The molecule has 1 aromatic heterocycles. The average Bonchev–Trinajstić information content (AvgIpc) is 3.07. The van der Waals surface area contributed by atoms with Gasteiger partial charge in [0.2, 0.25) is 0 Å². The van der Waals surface area contributed by atoms with E-state index in [9.17, 15) is 14.7 Å². The molecule has 0 fully saturated rings. The van der Waals surface area contributed by atoms with E-state index in [1.807, 2.05) is 23.6 Å². The van der Waals surface area contributed by atoms with Crippen LogP contribution in [0.5, 0.6) is 0 Å². The van der Waals surface area contributed by atoms with Gasteiger partial charge in [-0.2, -0.15) is 0 Å². The first-order chi connectivity index (χ1) is 11.0. The monoisotopic (exact) mass is 332 g/mol. The Labute approximate surface area is 139 Å². The van der Waals surface area contributed by atoms with E-state index in [-0.39, 0.29) is 6.54 Å².